The van der Waals surface area contributed by atoms with Gasteiger partial charge in [0.1, 0.15) is 0 Å². The van der Waals surface area contributed by atoms with Gasteiger partial charge < -0.3 is 5.32 Å². The molecule has 4 nitrogen and oxygen atoms in total. The first-order valence-corrected chi connectivity index (χ1v) is 4.17. The summed E-state index contributed by atoms with van der Waals surface area (Å²) in [4.78, 5) is 11.1. The third-order valence-electron chi connectivity index (χ3n) is 1.87. The van der Waals surface area contributed by atoms with Crippen LogP contribution in [-0.2, 0) is 4.79 Å². The molecule has 2 rings (SSSR count). The molecular weight excluding hydrogens is 178 g/mol. The van der Waals surface area contributed by atoms with Crippen molar-refractivity contribution >= 4 is 17.1 Å². The van der Waals surface area contributed by atoms with Crippen molar-refractivity contribution in [3.63, 3.8) is 0 Å². The van der Waals surface area contributed by atoms with Gasteiger partial charge in [-0.25, -0.2) is 4.52 Å². The average molecular weight is 187 g/mol. The molecule has 0 radical (unpaired) electrons. The van der Waals surface area contributed by atoms with Crippen molar-refractivity contribution in [1.82, 2.24) is 9.61 Å². The van der Waals surface area contributed by atoms with Gasteiger partial charge in [0.15, 0.2) is 0 Å². The zero-order valence-electron chi connectivity index (χ0n) is 7.47. The summed E-state index contributed by atoms with van der Waals surface area (Å²) in [7, 11) is 0. The maximum Gasteiger partial charge on any atom is 0.247 e. The van der Waals surface area contributed by atoms with Crippen molar-refractivity contribution < 1.29 is 4.79 Å². The van der Waals surface area contributed by atoms with Gasteiger partial charge in [0.05, 0.1) is 17.4 Å². The molecule has 4 heteroatoms. The number of fused-ring (bicyclic) bond motifs is 1. The van der Waals surface area contributed by atoms with Crippen LogP contribution in [0.1, 0.15) is 0 Å². The molecule has 70 valence electrons. The van der Waals surface area contributed by atoms with Crippen molar-refractivity contribution in [3.05, 3.63) is 43.2 Å². The Balaban J connectivity index is 2.43. The zero-order chi connectivity index (χ0) is 9.97. The van der Waals surface area contributed by atoms with E-state index < -0.39 is 0 Å². The highest BCUT2D eigenvalue weighted by atomic mass is 16.1. The molecule has 0 saturated carbocycles. The monoisotopic (exact) mass is 187 g/mol. The van der Waals surface area contributed by atoms with E-state index in [4.69, 9.17) is 0 Å². The highest BCUT2D eigenvalue weighted by Crippen LogP contribution is 2.15. The van der Waals surface area contributed by atoms with Crippen LogP contribution >= 0.6 is 0 Å². The molecule has 2 heterocycles. The average Bonchev–Trinajstić information content (AvgIpc) is 2.62. The number of nitrogens with one attached hydrogen (secondary N) is 1. The maximum absolute atomic E-state index is 11.1. The minimum Gasteiger partial charge on any atom is -0.319 e. The molecule has 0 aromatic carbocycles. The Labute approximate surface area is 80.9 Å². The van der Waals surface area contributed by atoms with Crippen molar-refractivity contribution in [2.75, 3.05) is 5.32 Å². The second-order valence-electron chi connectivity index (χ2n) is 2.78. The molecule has 1 N–H and O–H groups in total. The highest BCUT2D eigenvalue weighted by molar-refractivity contribution is 6.01. The number of hydrogen-bond donors (Lipinski definition) is 1. The van der Waals surface area contributed by atoms with Crippen LogP contribution in [-0.4, -0.2) is 15.5 Å². The first kappa shape index (κ1) is 8.50. The lowest BCUT2D eigenvalue weighted by Gasteiger charge is -1.98. The lowest BCUT2D eigenvalue weighted by Crippen LogP contribution is -2.06. The summed E-state index contributed by atoms with van der Waals surface area (Å²) < 4.78 is 1.69. The molecule has 0 spiro atoms. The van der Waals surface area contributed by atoms with Crippen LogP contribution in [0.2, 0.25) is 0 Å². The second kappa shape index (κ2) is 3.33. The van der Waals surface area contributed by atoms with E-state index in [0.29, 0.717) is 5.69 Å². The summed E-state index contributed by atoms with van der Waals surface area (Å²) in [6.45, 7) is 3.38. The minimum absolute atomic E-state index is 0.233. The number of nitrogens with zero attached hydrogens (tertiary/aromatic N) is 2. The maximum atomic E-state index is 11.1. The van der Waals surface area contributed by atoms with Crippen LogP contribution in [0.5, 0.6) is 0 Å². The fraction of sp³-hybridized carbons (Fsp3) is 0. The SMILES string of the molecule is C=CC(=O)Nc1cnn2ccccc12. The van der Waals surface area contributed by atoms with Gasteiger partial charge in [-0.3, -0.25) is 4.79 Å². The van der Waals surface area contributed by atoms with Gasteiger partial charge >= 0.3 is 0 Å². The molecule has 0 aliphatic rings. The molecule has 2 aromatic rings. The molecule has 0 bridgehead atoms. The molecule has 0 aliphatic heterocycles. The van der Waals surface area contributed by atoms with E-state index in [-0.39, 0.29) is 5.91 Å². The fourth-order valence-corrected chi connectivity index (χ4v) is 1.21. The Hall–Kier alpha value is -2.10. The van der Waals surface area contributed by atoms with Crippen molar-refractivity contribution in [2.45, 2.75) is 0 Å². The Morgan fingerprint density at radius 3 is 3.21 bits per heavy atom. The van der Waals surface area contributed by atoms with Gasteiger partial charge in [-0.2, -0.15) is 5.10 Å². The number of aromatic nitrogens is 2. The quantitative estimate of drug-likeness (QED) is 0.723. The lowest BCUT2D eigenvalue weighted by molar-refractivity contribution is -0.111. The Morgan fingerprint density at radius 2 is 2.43 bits per heavy atom. The minimum atomic E-state index is -0.233. The van der Waals surface area contributed by atoms with Gasteiger partial charge in [0, 0.05) is 6.20 Å². The Kier molecular flexibility index (Phi) is 2.02. The molecule has 14 heavy (non-hydrogen) atoms. The van der Waals surface area contributed by atoms with E-state index in [1.165, 1.54) is 6.08 Å². The van der Waals surface area contributed by atoms with Gasteiger partial charge in [-0.05, 0) is 18.2 Å². The predicted octanol–water partition coefficient (Wildman–Crippen LogP) is 1.46. The largest absolute Gasteiger partial charge is 0.319 e. The van der Waals surface area contributed by atoms with Crippen molar-refractivity contribution in [1.29, 1.82) is 0 Å². The smallest absolute Gasteiger partial charge is 0.247 e. The third kappa shape index (κ3) is 1.37. The van der Waals surface area contributed by atoms with Gasteiger partial charge in [-0.1, -0.05) is 12.6 Å². The number of carbonyl (C=O) groups is 1. The molecule has 1 amide bonds. The van der Waals surface area contributed by atoms with E-state index in [1.54, 1.807) is 10.7 Å². The predicted molar refractivity (Wildman–Crippen MR) is 54.0 cm³/mol. The van der Waals surface area contributed by atoms with Gasteiger partial charge in [0.25, 0.3) is 0 Å². The summed E-state index contributed by atoms with van der Waals surface area (Å²) in [6.07, 6.45) is 4.65. The normalized spacial score (nSPS) is 10.0. The molecular formula is C10H9N3O. The van der Waals surface area contributed by atoms with E-state index in [1.807, 2.05) is 24.4 Å². The molecule has 0 unspecified atom stereocenters. The van der Waals surface area contributed by atoms with Gasteiger partial charge in [0.2, 0.25) is 5.91 Å². The molecule has 2 aromatic heterocycles. The summed E-state index contributed by atoms with van der Waals surface area (Å²) in [5, 5.41) is 6.75. The number of rotatable bonds is 2. The van der Waals surface area contributed by atoms with Crippen LogP contribution in [0.15, 0.2) is 43.2 Å². The number of anilines is 1. The first-order chi connectivity index (χ1) is 6.81. The highest BCUT2D eigenvalue weighted by Gasteiger charge is 2.03. The Bertz CT molecular complexity index is 487. The number of hydrogen-bond acceptors (Lipinski definition) is 2. The third-order valence-corrected chi connectivity index (χ3v) is 1.87. The van der Waals surface area contributed by atoms with Crippen LogP contribution in [0.25, 0.3) is 5.52 Å². The summed E-state index contributed by atoms with van der Waals surface area (Å²) >= 11 is 0. The van der Waals surface area contributed by atoms with E-state index in [9.17, 15) is 4.79 Å². The zero-order valence-corrected chi connectivity index (χ0v) is 7.47. The lowest BCUT2D eigenvalue weighted by atomic mass is 10.3. The van der Waals surface area contributed by atoms with Crippen molar-refractivity contribution in [3.8, 4) is 0 Å². The van der Waals surface area contributed by atoms with E-state index in [0.717, 1.165) is 5.52 Å². The Morgan fingerprint density at radius 1 is 1.57 bits per heavy atom. The molecule has 0 fully saturated rings. The molecule has 0 aliphatic carbocycles. The van der Waals surface area contributed by atoms with Crippen LogP contribution in [0.3, 0.4) is 0 Å². The van der Waals surface area contributed by atoms with Crippen molar-refractivity contribution in [2.24, 2.45) is 0 Å². The van der Waals surface area contributed by atoms with Crippen LogP contribution < -0.4 is 5.32 Å². The van der Waals surface area contributed by atoms with Crippen LogP contribution in [0.4, 0.5) is 5.69 Å². The summed E-state index contributed by atoms with van der Waals surface area (Å²) in [5.74, 6) is -0.233. The number of pyridine rings is 1. The summed E-state index contributed by atoms with van der Waals surface area (Å²) in [6, 6.07) is 5.64. The van der Waals surface area contributed by atoms with Crippen LogP contribution in [0, 0.1) is 0 Å². The number of carbonyl (C=O) groups excluding carboxylic acids is 1. The molecule has 0 atom stereocenters. The standard InChI is InChI=1S/C10H9N3O/c1-2-10(14)12-8-7-11-13-6-4-3-5-9(8)13/h2-7H,1H2,(H,12,14). The molecule has 0 saturated heterocycles. The number of amides is 1. The van der Waals surface area contributed by atoms with E-state index in [2.05, 4.69) is 17.0 Å². The topological polar surface area (TPSA) is 46.4 Å². The summed E-state index contributed by atoms with van der Waals surface area (Å²) in [5.41, 5.74) is 1.55. The fourth-order valence-electron chi connectivity index (χ4n) is 1.21. The van der Waals surface area contributed by atoms with Gasteiger partial charge in [-0.15, -0.1) is 0 Å². The first-order valence-electron chi connectivity index (χ1n) is 4.17. The van der Waals surface area contributed by atoms with E-state index >= 15 is 0 Å². The second-order valence-corrected chi connectivity index (χ2v) is 2.78.